The van der Waals surface area contributed by atoms with E-state index in [9.17, 15) is 21.6 Å². The lowest BCUT2D eigenvalue weighted by Gasteiger charge is -2.22. The number of aryl methyl sites for hydroxylation is 1. The molecule has 2 heterocycles. The Morgan fingerprint density at radius 3 is 2.47 bits per heavy atom. The monoisotopic (exact) mass is 548 g/mol. The van der Waals surface area contributed by atoms with Crippen molar-refractivity contribution in [2.75, 3.05) is 27.3 Å². The molecule has 1 N–H and O–H groups in total. The van der Waals surface area contributed by atoms with E-state index in [1.807, 2.05) is 26.1 Å². The van der Waals surface area contributed by atoms with Gasteiger partial charge >= 0.3 is 12.1 Å². The molecule has 1 unspecified atom stereocenters. The molecule has 4 rings (SSSR count). The van der Waals surface area contributed by atoms with Crippen LogP contribution in [0.3, 0.4) is 0 Å². The molecule has 0 aliphatic carbocycles. The molecule has 1 atom stereocenters. The second-order valence-corrected chi connectivity index (χ2v) is 10.3. The molecule has 3 aromatic rings. The van der Waals surface area contributed by atoms with Crippen molar-refractivity contribution >= 4 is 38.5 Å². The van der Waals surface area contributed by atoms with Crippen LogP contribution in [-0.4, -0.2) is 61.9 Å². The number of benzene rings is 2. The summed E-state index contributed by atoms with van der Waals surface area (Å²) in [6, 6.07) is 8.68. The zero-order valence-corrected chi connectivity index (χ0v) is 21.3. The SMILES string of the molecule is COc1ccc(C)cc1S(=O)(=O)n1cc(Cl)c2c3c(ccc21)OCCN(C)C3C.O=C(O)C(F)(F)F. The van der Waals surface area contributed by atoms with Crippen molar-refractivity contribution in [3.8, 4) is 11.5 Å². The average molecular weight is 549 g/mol. The van der Waals surface area contributed by atoms with Crippen LogP contribution in [0.4, 0.5) is 13.2 Å². The highest BCUT2D eigenvalue weighted by Crippen LogP contribution is 2.42. The van der Waals surface area contributed by atoms with Gasteiger partial charge in [0.1, 0.15) is 23.0 Å². The minimum atomic E-state index is -5.08. The highest BCUT2D eigenvalue weighted by Gasteiger charge is 2.38. The first-order chi connectivity index (χ1) is 16.7. The van der Waals surface area contributed by atoms with E-state index in [2.05, 4.69) is 11.8 Å². The molecule has 1 aliphatic rings. The lowest BCUT2D eigenvalue weighted by Crippen LogP contribution is -2.24. The summed E-state index contributed by atoms with van der Waals surface area (Å²) in [6.45, 7) is 5.25. The topological polar surface area (TPSA) is 98.1 Å². The van der Waals surface area contributed by atoms with Crippen molar-refractivity contribution in [1.82, 2.24) is 8.87 Å². The first-order valence-electron chi connectivity index (χ1n) is 10.6. The highest BCUT2D eigenvalue weighted by molar-refractivity contribution is 7.90. The number of carbonyl (C=O) groups is 1. The smallest absolute Gasteiger partial charge is 0.490 e. The van der Waals surface area contributed by atoms with E-state index < -0.39 is 22.2 Å². The van der Waals surface area contributed by atoms with Crippen molar-refractivity contribution in [1.29, 1.82) is 0 Å². The Bertz CT molecular complexity index is 1410. The molecule has 0 saturated carbocycles. The lowest BCUT2D eigenvalue weighted by atomic mass is 10.0. The minimum Gasteiger partial charge on any atom is -0.495 e. The van der Waals surface area contributed by atoms with Crippen molar-refractivity contribution in [2.24, 2.45) is 0 Å². The van der Waals surface area contributed by atoms with E-state index in [0.29, 0.717) is 28.3 Å². The number of aromatic nitrogens is 1. The first-order valence-corrected chi connectivity index (χ1v) is 12.4. The summed E-state index contributed by atoms with van der Waals surface area (Å²) < 4.78 is 71.3. The molecule has 8 nitrogen and oxygen atoms in total. The largest absolute Gasteiger partial charge is 0.495 e. The van der Waals surface area contributed by atoms with E-state index in [0.717, 1.165) is 23.4 Å². The summed E-state index contributed by atoms with van der Waals surface area (Å²) in [6.07, 6.45) is -3.62. The number of hydrogen-bond donors (Lipinski definition) is 1. The molecule has 2 aromatic carbocycles. The standard InChI is InChI=1S/C21H23ClN2O4S.C2HF3O2/c1-13-5-7-17(27-4)19(11-13)29(25,26)24-12-15(22)21-16(24)6-8-18-20(21)14(2)23(3)9-10-28-18;3-2(4,5)1(6)7/h5-8,11-12,14H,9-10H2,1-4H3;(H,6,7). The van der Waals surface area contributed by atoms with Gasteiger partial charge in [0.05, 0.1) is 17.6 Å². The number of carboxylic acids is 1. The van der Waals surface area contributed by atoms with Crippen LogP contribution in [0.15, 0.2) is 41.4 Å². The molecule has 0 fully saturated rings. The Hall–Kier alpha value is -2.96. The number of halogens is 4. The molecule has 13 heteroatoms. The molecule has 0 amide bonds. The second kappa shape index (κ2) is 10.2. The normalized spacial score (nSPS) is 16.4. The number of ether oxygens (including phenoxy) is 2. The third-order valence-electron chi connectivity index (χ3n) is 5.77. The van der Waals surface area contributed by atoms with Gasteiger partial charge in [-0.2, -0.15) is 13.2 Å². The molecule has 1 aromatic heterocycles. The zero-order valence-electron chi connectivity index (χ0n) is 19.8. The predicted octanol–water partition coefficient (Wildman–Crippen LogP) is 4.87. The van der Waals surface area contributed by atoms with Gasteiger partial charge in [-0.05, 0) is 50.7 Å². The van der Waals surface area contributed by atoms with Gasteiger partial charge in [0.15, 0.2) is 0 Å². The summed E-state index contributed by atoms with van der Waals surface area (Å²) >= 11 is 6.59. The van der Waals surface area contributed by atoms with Crippen molar-refractivity contribution in [2.45, 2.75) is 31.0 Å². The van der Waals surface area contributed by atoms with Gasteiger partial charge in [0.2, 0.25) is 0 Å². The number of likely N-dealkylation sites (N-methyl/N-ethyl adjacent to an activating group) is 1. The van der Waals surface area contributed by atoms with Gasteiger partial charge in [-0.15, -0.1) is 0 Å². The number of hydrogen-bond acceptors (Lipinski definition) is 6. The van der Waals surface area contributed by atoms with Crippen molar-refractivity contribution < 1.29 is 41.0 Å². The first kappa shape index (κ1) is 27.6. The van der Waals surface area contributed by atoms with Crippen molar-refractivity contribution in [3.63, 3.8) is 0 Å². The van der Waals surface area contributed by atoms with Gasteiger partial charge in [0.25, 0.3) is 10.0 Å². The average Bonchev–Trinajstić information content (AvgIpc) is 3.07. The van der Waals surface area contributed by atoms with Gasteiger partial charge in [0, 0.05) is 29.7 Å². The Labute approximate surface area is 210 Å². The van der Waals surface area contributed by atoms with Crippen LogP contribution in [0.5, 0.6) is 11.5 Å². The molecule has 1 aliphatic heterocycles. The summed E-state index contributed by atoms with van der Waals surface area (Å²) in [5, 5.41) is 8.19. The summed E-state index contributed by atoms with van der Waals surface area (Å²) in [5.41, 5.74) is 2.24. The van der Waals surface area contributed by atoms with E-state index in [1.165, 1.54) is 17.3 Å². The fourth-order valence-corrected chi connectivity index (χ4v) is 5.77. The van der Waals surface area contributed by atoms with Gasteiger partial charge in [-0.3, -0.25) is 4.90 Å². The van der Waals surface area contributed by atoms with E-state index in [4.69, 9.17) is 31.0 Å². The number of carboxylic acid groups (broad SMARTS) is 1. The maximum atomic E-state index is 13.6. The summed E-state index contributed by atoms with van der Waals surface area (Å²) in [7, 11) is -0.451. The number of fused-ring (bicyclic) bond motifs is 3. The molecule has 36 heavy (non-hydrogen) atoms. The number of nitrogens with zero attached hydrogens (tertiary/aromatic N) is 2. The van der Waals surface area contributed by atoms with Crippen LogP contribution in [0.25, 0.3) is 10.9 Å². The van der Waals surface area contributed by atoms with Crippen LogP contribution in [0.2, 0.25) is 5.02 Å². The van der Waals surface area contributed by atoms with Gasteiger partial charge in [-0.1, -0.05) is 17.7 Å². The lowest BCUT2D eigenvalue weighted by molar-refractivity contribution is -0.192. The van der Waals surface area contributed by atoms with Crippen LogP contribution < -0.4 is 9.47 Å². The van der Waals surface area contributed by atoms with Crippen LogP contribution >= 0.6 is 11.6 Å². The molecule has 0 radical (unpaired) electrons. The molecule has 196 valence electrons. The Kier molecular flexibility index (Phi) is 7.82. The number of rotatable bonds is 3. The van der Waals surface area contributed by atoms with E-state index >= 15 is 0 Å². The van der Waals surface area contributed by atoms with E-state index in [1.54, 1.807) is 18.2 Å². The fraction of sp³-hybridized carbons (Fsp3) is 0.348. The molecule has 0 spiro atoms. The Morgan fingerprint density at radius 1 is 1.25 bits per heavy atom. The summed E-state index contributed by atoms with van der Waals surface area (Å²) in [4.78, 5) is 11.2. The maximum absolute atomic E-state index is 13.6. The highest BCUT2D eigenvalue weighted by atomic mass is 35.5. The number of aliphatic carboxylic acids is 1. The Balaban J connectivity index is 0.000000454. The Morgan fingerprint density at radius 2 is 1.89 bits per heavy atom. The van der Waals surface area contributed by atoms with E-state index in [-0.39, 0.29) is 10.9 Å². The van der Waals surface area contributed by atoms with Crippen LogP contribution in [0.1, 0.15) is 24.1 Å². The number of alkyl halides is 3. The third-order valence-corrected chi connectivity index (χ3v) is 7.75. The van der Waals surface area contributed by atoms with Gasteiger partial charge < -0.3 is 14.6 Å². The van der Waals surface area contributed by atoms with Crippen LogP contribution in [-0.2, 0) is 14.8 Å². The number of methoxy groups -OCH3 is 1. The zero-order chi connectivity index (χ0) is 27.0. The van der Waals surface area contributed by atoms with Gasteiger partial charge in [-0.25, -0.2) is 17.2 Å². The molecule has 0 saturated heterocycles. The fourth-order valence-electron chi connectivity index (χ4n) is 3.81. The third kappa shape index (κ3) is 5.25. The van der Waals surface area contributed by atoms with Crippen LogP contribution in [0, 0.1) is 6.92 Å². The predicted molar refractivity (Wildman–Crippen MR) is 127 cm³/mol. The van der Waals surface area contributed by atoms with Crippen molar-refractivity contribution in [3.05, 3.63) is 52.7 Å². The molecular formula is C23H24ClF3N2O6S. The second-order valence-electron chi connectivity index (χ2n) is 8.11. The maximum Gasteiger partial charge on any atom is 0.490 e. The molecular weight excluding hydrogens is 525 g/mol. The molecule has 0 bridgehead atoms. The quantitative estimate of drug-likeness (QED) is 0.499. The summed E-state index contributed by atoms with van der Waals surface area (Å²) in [5.74, 6) is -1.73. The minimum absolute atomic E-state index is 0.0285.